The summed E-state index contributed by atoms with van der Waals surface area (Å²) in [6.07, 6.45) is 3.65. The predicted molar refractivity (Wildman–Crippen MR) is 71.1 cm³/mol. The molecule has 1 aliphatic carbocycles. The fraction of sp³-hybridized carbons (Fsp3) is 0.538. The molecule has 0 bridgehead atoms. The van der Waals surface area contributed by atoms with Crippen LogP contribution in [0.4, 0.5) is 0 Å². The van der Waals surface area contributed by atoms with Gasteiger partial charge in [-0.05, 0) is 24.5 Å². The molecular weight excluding hydrogens is 238 g/mol. The van der Waals surface area contributed by atoms with E-state index in [4.69, 9.17) is 15.2 Å². The molecule has 4 heteroatoms. The average molecular weight is 258 g/mol. The maximum atomic E-state index is 6.23. The van der Waals surface area contributed by atoms with Crippen molar-refractivity contribution in [2.24, 2.45) is 11.7 Å². The highest BCUT2D eigenvalue weighted by molar-refractivity contribution is 5.85. The van der Waals surface area contributed by atoms with Gasteiger partial charge in [-0.1, -0.05) is 18.9 Å². The summed E-state index contributed by atoms with van der Waals surface area (Å²) in [5, 5.41) is 0. The van der Waals surface area contributed by atoms with Gasteiger partial charge in [0.15, 0.2) is 0 Å². The van der Waals surface area contributed by atoms with E-state index in [0.29, 0.717) is 0 Å². The van der Waals surface area contributed by atoms with E-state index in [1.54, 1.807) is 14.2 Å². The summed E-state index contributed by atoms with van der Waals surface area (Å²) in [7, 11) is 3.34. The van der Waals surface area contributed by atoms with Gasteiger partial charge in [0.05, 0.1) is 19.8 Å². The number of methoxy groups -OCH3 is 2. The van der Waals surface area contributed by atoms with E-state index in [2.05, 4.69) is 0 Å². The maximum absolute atomic E-state index is 6.23. The molecule has 0 saturated heterocycles. The summed E-state index contributed by atoms with van der Waals surface area (Å²) in [5.41, 5.74) is 7.23. The van der Waals surface area contributed by atoms with Gasteiger partial charge in [-0.2, -0.15) is 0 Å². The van der Waals surface area contributed by atoms with Gasteiger partial charge in [-0.25, -0.2) is 0 Å². The molecule has 0 aliphatic heterocycles. The van der Waals surface area contributed by atoms with Crippen LogP contribution in [0.15, 0.2) is 18.2 Å². The van der Waals surface area contributed by atoms with Crippen LogP contribution in [0.3, 0.4) is 0 Å². The lowest BCUT2D eigenvalue weighted by Gasteiger charge is -2.18. The third-order valence-electron chi connectivity index (χ3n) is 3.12. The zero-order valence-electron chi connectivity index (χ0n) is 10.3. The van der Waals surface area contributed by atoms with Crippen LogP contribution in [-0.2, 0) is 0 Å². The van der Waals surface area contributed by atoms with E-state index < -0.39 is 0 Å². The smallest absolute Gasteiger partial charge is 0.127 e. The molecule has 3 nitrogen and oxygen atoms in total. The van der Waals surface area contributed by atoms with Gasteiger partial charge in [0.1, 0.15) is 11.5 Å². The first-order valence-electron chi connectivity index (χ1n) is 5.72. The first-order chi connectivity index (χ1) is 7.76. The van der Waals surface area contributed by atoms with Crippen LogP contribution in [0.2, 0.25) is 0 Å². The Balaban J connectivity index is 0.00000144. The quantitative estimate of drug-likeness (QED) is 0.882. The Morgan fingerprint density at radius 2 is 1.76 bits per heavy atom. The third kappa shape index (κ3) is 3.27. The lowest BCUT2D eigenvalue weighted by molar-refractivity contribution is 0.375. The summed E-state index contributed by atoms with van der Waals surface area (Å²) in [4.78, 5) is 0. The van der Waals surface area contributed by atoms with Crippen molar-refractivity contribution in [3.63, 3.8) is 0 Å². The summed E-state index contributed by atoms with van der Waals surface area (Å²) in [6.45, 7) is 0. The molecule has 17 heavy (non-hydrogen) atoms. The molecule has 0 heterocycles. The molecule has 2 rings (SSSR count). The molecule has 1 fully saturated rings. The average Bonchev–Trinajstić information content (AvgIpc) is 3.11. The number of halogens is 1. The van der Waals surface area contributed by atoms with E-state index in [1.807, 2.05) is 18.2 Å². The minimum atomic E-state index is 0. The van der Waals surface area contributed by atoms with Crippen molar-refractivity contribution < 1.29 is 9.47 Å². The Kier molecular flexibility index (Phi) is 5.09. The standard InChI is InChI=1S/C13H19NO2.ClH/c1-15-11-4-3-5-12(16-2)13(11)10(14)8-9-6-7-9;/h3-5,9-10H,6-8,14H2,1-2H3;1H/t10-;/m0./s1. The topological polar surface area (TPSA) is 44.5 Å². The van der Waals surface area contributed by atoms with Crippen molar-refractivity contribution >= 4 is 12.4 Å². The Bertz CT molecular complexity index is 344. The van der Waals surface area contributed by atoms with Crippen LogP contribution in [0.1, 0.15) is 30.9 Å². The molecule has 2 N–H and O–H groups in total. The molecule has 0 radical (unpaired) electrons. The third-order valence-corrected chi connectivity index (χ3v) is 3.12. The molecule has 1 aromatic rings. The fourth-order valence-corrected chi connectivity index (χ4v) is 2.08. The van der Waals surface area contributed by atoms with Crippen LogP contribution in [-0.4, -0.2) is 14.2 Å². The molecular formula is C13H20ClNO2. The van der Waals surface area contributed by atoms with Gasteiger partial charge < -0.3 is 15.2 Å². The summed E-state index contributed by atoms with van der Waals surface area (Å²) >= 11 is 0. The van der Waals surface area contributed by atoms with Gasteiger partial charge >= 0.3 is 0 Å². The van der Waals surface area contributed by atoms with E-state index in [-0.39, 0.29) is 18.4 Å². The van der Waals surface area contributed by atoms with Crippen molar-refractivity contribution in [3.8, 4) is 11.5 Å². The van der Waals surface area contributed by atoms with Crippen molar-refractivity contribution in [1.29, 1.82) is 0 Å². The minimum absolute atomic E-state index is 0. The summed E-state index contributed by atoms with van der Waals surface area (Å²) in [6, 6.07) is 5.80. The summed E-state index contributed by atoms with van der Waals surface area (Å²) in [5.74, 6) is 2.45. The van der Waals surface area contributed by atoms with Crippen LogP contribution < -0.4 is 15.2 Å². The highest BCUT2D eigenvalue weighted by Gasteiger charge is 2.27. The van der Waals surface area contributed by atoms with Crippen LogP contribution in [0.25, 0.3) is 0 Å². The monoisotopic (exact) mass is 257 g/mol. The Labute approximate surface area is 109 Å². The van der Waals surface area contributed by atoms with Crippen molar-refractivity contribution in [2.45, 2.75) is 25.3 Å². The highest BCUT2D eigenvalue weighted by Crippen LogP contribution is 2.41. The molecule has 1 saturated carbocycles. The largest absolute Gasteiger partial charge is 0.496 e. The first kappa shape index (κ1) is 14.1. The van der Waals surface area contributed by atoms with E-state index in [9.17, 15) is 0 Å². The van der Waals surface area contributed by atoms with Crippen LogP contribution in [0, 0.1) is 5.92 Å². The maximum Gasteiger partial charge on any atom is 0.127 e. The molecule has 0 aromatic heterocycles. The molecule has 0 unspecified atom stereocenters. The van der Waals surface area contributed by atoms with Gasteiger partial charge in [0, 0.05) is 6.04 Å². The normalized spacial score (nSPS) is 15.9. The molecule has 0 amide bonds. The zero-order valence-corrected chi connectivity index (χ0v) is 11.1. The number of rotatable bonds is 5. The Morgan fingerprint density at radius 1 is 1.24 bits per heavy atom. The molecule has 1 aromatic carbocycles. The number of benzene rings is 1. The number of nitrogens with two attached hydrogens (primary N) is 1. The molecule has 96 valence electrons. The van der Waals surface area contributed by atoms with E-state index in [1.165, 1.54) is 12.8 Å². The highest BCUT2D eigenvalue weighted by atomic mass is 35.5. The number of hydrogen-bond donors (Lipinski definition) is 1. The van der Waals surface area contributed by atoms with Crippen molar-refractivity contribution in [1.82, 2.24) is 0 Å². The second-order valence-corrected chi connectivity index (χ2v) is 4.36. The predicted octanol–water partition coefficient (Wildman–Crippen LogP) is 2.93. The van der Waals surface area contributed by atoms with Crippen LogP contribution >= 0.6 is 12.4 Å². The van der Waals surface area contributed by atoms with Crippen LogP contribution in [0.5, 0.6) is 11.5 Å². The Morgan fingerprint density at radius 3 is 2.18 bits per heavy atom. The summed E-state index contributed by atoms with van der Waals surface area (Å²) < 4.78 is 10.7. The van der Waals surface area contributed by atoms with Crippen molar-refractivity contribution in [2.75, 3.05) is 14.2 Å². The number of ether oxygens (including phenoxy) is 2. The minimum Gasteiger partial charge on any atom is -0.496 e. The van der Waals surface area contributed by atoms with Gasteiger partial charge in [0.25, 0.3) is 0 Å². The first-order valence-corrected chi connectivity index (χ1v) is 5.72. The molecule has 0 spiro atoms. The molecule has 1 atom stereocenters. The fourth-order valence-electron chi connectivity index (χ4n) is 2.08. The van der Waals surface area contributed by atoms with Gasteiger partial charge in [-0.15, -0.1) is 12.4 Å². The second kappa shape index (κ2) is 6.12. The number of hydrogen-bond acceptors (Lipinski definition) is 3. The van der Waals surface area contributed by atoms with Gasteiger partial charge in [0.2, 0.25) is 0 Å². The van der Waals surface area contributed by atoms with Gasteiger partial charge in [-0.3, -0.25) is 0 Å². The Hall–Kier alpha value is -0.930. The molecule has 1 aliphatic rings. The lowest BCUT2D eigenvalue weighted by atomic mass is 10.00. The van der Waals surface area contributed by atoms with Crippen molar-refractivity contribution in [3.05, 3.63) is 23.8 Å². The second-order valence-electron chi connectivity index (χ2n) is 4.36. The van der Waals surface area contributed by atoms with E-state index >= 15 is 0 Å². The lowest BCUT2D eigenvalue weighted by Crippen LogP contribution is -2.13. The van der Waals surface area contributed by atoms with E-state index in [0.717, 1.165) is 29.4 Å². The zero-order chi connectivity index (χ0) is 11.5. The SMILES string of the molecule is COc1cccc(OC)c1[C@@H](N)CC1CC1.Cl.